The van der Waals surface area contributed by atoms with Crippen LogP contribution in [0.2, 0.25) is 0 Å². The zero-order valence-corrected chi connectivity index (χ0v) is 14.8. The fourth-order valence-electron chi connectivity index (χ4n) is 3.08. The summed E-state index contributed by atoms with van der Waals surface area (Å²) in [6.45, 7) is 0. The minimum atomic E-state index is 0.599. The van der Waals surface area contributed by atoms with Crippen molar-refractivity contribution in [2.45, 2.75) is 0 Å². The molecule has 7 nitrogen and oxygen atoms in total. The minimum Gasteiger partial charge on any atom is -0.261 e. The molecule has 0 saturated carbocycles. The third-order valence-electron chi connectivity index (χ3n) is 4.42. The van der Waals surface area contributed by atoms with Crippen LogP contribution in [0.15, 0.2) is 84.5 Å². The molecule has 3 aromatic heterocycles. The number of rotatable bonds is 4. The highest BCUT2D eigenvalue weighted by Crippen LogP contribution is 2.21. The van der Waals surface area contributed by atoms with Crippen molar-refractivity contribution in [2.75, 3.05) is 5.43 Å². The number of nitrogens with one attached hydrogen (secondary N) is 1. The normalized spacial score (nSPS) is 11.4. The Labute approximate surface area is 160 Å². The highest BCUT2D eigenvalue weighted by atomic mass is 15.3. The van der Waals surface area contributed by atoms with Crippen molar-refractivity contribution >= 4 is 34.0 Å². The lowest BCUT2D eigenvalue weighted by Gasteiger charge is -2.04. The summed E-state index contributed by atoms with van der Waals surface area (Å²) in [4.78, 5) is 13.0. The van der Waals surface area contributed by atoms with E-state index in [0.717, 1.165) is 27.5 Å². The van der Waals surface area contributed by atoms with Gasteiger partial charge in [0.25, 0.3) is 0 Å². The summed E-state index contributed by atoms with van der Waals surface area (Å²) in [6.07, 6.45) is 6.78. The first-order valence-electron chi connectivity index (χ1n) is 8.77. The van der Waals surface area contributed by atoms with Gasteiger partial charge in [0.1, 0.15) is 6.33 Å². The van der Waals surface area contributed by atoms with Crippen LogP contribution in [0, 0.1) is 0 Å². The maximum atomic E-state index is 4.45. The van der Waals surface area contributed by atoms with E-state index in [1.807, 2.05) is 60.7 Å². The first-order valence-corrected chi connectivity index (χ1v) is 8.77. The molecule has 0 unspecified atom stereocenters. The first-order chi connectivity index (χ1) is 13.9. The standard InChI is InChI=1S/C21H15N7/c1-2-6-16(7-3-1)28-21-18(13-26-28)20(23-14-24-21)27-25-12-15-10-11-22-19-9-5-4-8-17(15)19/h1-14H,(H,23,24,27). The molecule has 0 aliphatic carbocycles. The Kier molecular flexibility index (Phi) is 3.95. The smallest absolute Gasteiger partial charge is 0.168 e. The molecule has 0 aliphatic rings. The Morgan fingerprint density at radius 2 is 1.71 bits per heavy atom. The molecule has 5 aromatic rings. The fourth-order valence-corrected chi connectivity index (χ4v) is 3.08. The van der Waals surface area contributed by atoms with Gasteiger partial charge >= 0.3 is 0 Å². The zero-order chi connectivity index (χ0) is 18.8. The van der Waals surface area contributed by atoms with Crippen LogP contribution >= 0.6 is 0 Å². The van der Waals surface area contributed by atoms with Crippen molar-refractivity contribution in [1.29, 1.82) is 0 Å². The molecule has 0 atom stereocenters. The predicted molar refractivity (Wildman–Crippen MR) is 110 cm³/mol. The van der Waals surface area contributed by atoms with Crippen molar-refractivity contribution < 1.29 is 0 Å². The van der Waals surface area contributed by atoms with E-state index in [2.05, 4.69) is 30.6 Å². The maximum Gasteiger partial charge on any atom is 0.168 e. The van der Waals surface area contributed by atoms with Gasteiger partial charge in [0, 0.05) is 17.1 Å². The molecule has 2 aromatic carbocycles. The molecule has 0 aliphatic heterocycles. The number of pyridine rings is 1. The quantitative estimate of drug-likeness (QED) is 0.387. The second kappa shape index (κ2) is 6.88. The van der Waals surface area contributed by atoms with Gasteiger partial charge < -0.3 is 0 Å². The molecule has 0 fully saturated rings. The molecule has 5 rings (SSSR count). The van der Waals surface area contributed by atoms with E-state index in [1.54, 1.807) is 23.3 Å². The molecule has 7 heteroatoms. The van der Waals surface area contributed by atoms with E-state index in [4.69, 9.17) is 0 Å². The van der Waals surface area contributed by atoms with E-state index in [-0.39, 0.29) is 0 Å². The van der Waals surface area contributed by atoms with Crippen LogP contribution in [0.1, 0.15) is 5.56 Å². The van der Waals surface area contributed by atoms with E-state index >= 15 is 0 Å². The fraction of sp³-hybridized carbons (Fsp3) is 0. The van der Waals surface area contributed by atoms with Crippen molar-refractivity contribution in [2.24, 2.45) is 5.10 Å². The number of nitrogens with zero attached hydrogens (tertiary/aromatic N) is 6. The highest BCUT2D eigenvalue weighted by molar-refractivity contribution is 5.98. The van der Waals surface area contributed by atoms with Crippen LogP contribution in [0.25, 0.3) is 27.6 Å². The van der Waals surface area contributed by atoms with E-state index in [0.29, 0.717) is 11.5 Å². The number of benzene rings is 2. The maximum absolute atomic E-state index is 4.45. The number of aromatic nitrogens is 5. The summed E-state index contributed by atoms with van der Waals surface area (Å²) in [6, 6.07) is 19.7. The summed E-state index contributed by atoms with van der Waals surface area (Å²) in [5.41, 5.74) is 6.57. The number of para-hydroxylation sites is 2. The van der Waals surface area contributed by atoms with Gasteiger partial charge in [0.05, 0.1) is 29.0 Å². The van der Waals surface area contributed by atoms with Gasteiger partial charge in [0.2, 0.25) is 0 Å². The van der Waals surface area contributed by atoms with E-state index < -0.39 is 0 Å². The average molecular weight is 365 g/mol. The van der Waals surface area contributed by atoms with Crippen molar-refractivity contribution in [3.05, 3.63) is 84.9 Å². The van der Waals surface area contributed by atoms with Crippen LogP contribution in [0.3, 0.4) is 0 Å². The lowest BCUT2D eigenvalue weighted by molar-refractivity contribution is 0.895. The van der Waals surface area contributed by atoms with Gasteiger partial charge in [-0.3, -0.25) is 10.4 Å². The summed E-state index contributed by atoms with van der Waals surface area (Å²) in [7, 11) is 0. The Bertz CT molecular complexity index is 1290. The Hall–Kier alpha value is -4.13. The summed E-state index contributed by atoms with van der Waals surface area (Å²) < 4.78 is 1.78. The molecular formula is C21H15N7. The SMILES string of the molecule is C(=NNc1ncnc2c1cnn2-c1ccccc1)c1ccnc2ccccc12. The summed E-state index contributed by atoms with van der Waals surface area (Å²) in [5, 5.41) is 10.6. The van der Waals surface area contributed by atoms with Crippen LogP contribution in [-0.4, -0.2) is 30.9 Å². The monoisotopic (exact) mass is 365 g/mol. The molecule has 1 N–H and O–H groups in total. The topological polar surface area (TPSA) is 80.9 Å². The van der Waals surface area contributed by atoms with Gasteiger partial charge in [-0.05, 0) is 24.3 Å². The molecular weight excluding hydrogens is 350 g/mol. The third-order valence-corrected chi connectivity index (χ3v) is 4.42. The molecule has 0 amide bonds. The lowest BCUT2D eigenvalue weighted by Crippen LogP contribution is -1.99. The molecule has 0 spiro atoms. The molecule has 28 heavy (non-hydrogen) atoms. The van der Waals surface area contributed by atoms with Crippen LogP contribution in [0.5, 0.6) is 0 Å². The highest BCUT2D eigenvalue weighted by Gasteiger charge is 2.10. The Balaban J connectivity index is 1.47. The van der Waals surface area contributed by atoms with Gasteiger partial charge in [-0.2, -0.15) is 10.2 Å². The van der Waals surface area contributed by atoms with Crippen LogP contribution < -0.4 is 5.43 Å². The molecule has 3 heterocycles. The van der Waals surface area contributed by atoms with Crippen molar-refractivity contribution in [1.82, 2.24) is 24.7 Å². The van der Waals surface area contributed by atoms with Gasteiger partial charge in [-0.1, -0.05) is 36.4 Å². The van der Waals surface area contributed by atoms with Gasteiger partial charge in [0.15, 0.2) is 11.5 Å². The number of hydrogen-bond donors (Lipinski definition) is 1. The van der Waals surface area contributed by atoms with Crippen molar-refractivity contribution in [3.8, 4) is 5.69 Å². The van der Waals surface area contributed by atoms with Crippen LogP contribution in [0.4, 0.5) is 5.82 Å². The first kappa shape index (κ1) is 16.1. The van der Waals surface area contributed by atoms with Crippen molar-refractivity contribution in [3.63, 3.8) is 0 Å². The summed E-state index contributed by atoms with van der Waals surface area (Å²) >= 11 is 0. The van der Waals surface area contributed by atoms with Gasteiger partial charge in [-0.15, -0.1) is 0 Å². The Morgan fingerprint density at radius 3 is 2.64 bits per heavy atom. The van der Waals surface area contributed by atoms with Gasteiger partial charge in [-0.25, -0.2) is 14.6 Å². The second-order valence-electron chi connectivity index (χ2n) is 6.14. The summed E-state index contributed by atoms with van der Waals surface area (Å²) in [5.74, 6) is 0.599. The largest absolute Gasteiger partial charge is 0.261 e. The molecule has 134 valence electrons. The van der Waals surface area contributed by atoms with E-state index in [1.165, 1.54) is 6.33 Å². The number of anilines is 1. The van der Waals surface area contributed by atoms with Crippen LogP contribution in [-0.2, 0) is 0 Å². The third kappa shape index (κ3) is 2.84. The van der Waals surface area contributed by atoms with E-state index in [9.17, 15) is 0 Å². The molecule has 0 radical (unpaired) electrons. The predicted octanol–water partition coefficient (Wildman–Crippen LogP) is 3.81. The number of fused-ring (bicyclic) bond motifs is 2. The average Bonchev–Trinajstić information content (AvgIpc) is 3.20. The Morgan fingerprint density at radius 1 is 0.857 bits per heavy atom. The molecule has 0 bridgehead atoms. The number of hydrazone groups is 1. The lowest BCUT2D eigenvalue weighted by atomic mass is 10.1. The second-order valence-corrected chi connectivity index (χ2v) is 6.14. The number of hydrogen-bond acceptors (Lipinski definition) is 6. The molecule has 0 saturated heterocycles. The minimum absolute atomic E-state index is 0.599. The zero-order valence-electron chi connectivity index (χ0n) is 14.8.